The number of rotatable bonds is 6. The minimum Gasteiger partial charge on any atom is -0.339 e. The molecule has 2 bridgehead atoms. The summed E-state index contributed by atoms with van der Waals surface area (Å²) in [5, 5.41) is 13.2. The lowest BCUT2D eigenvalue weighted by Gasteiger charge is -2.37. The van der Waals surface area contributed by atoms with Crippen LogP contribution in [-0.2, 0) is 11.3 Å². The van der Waals surface area contributed by atoms with E-state index >= 15 is 0 Å². The Morgan fingerprint density at radius 2 is 2.30 bits per heavy atom. The molecule has 27 heavy (non-hydrogen) atoms. The van der Waals surface area contributed by atoms with Crippen LogP contribution in [-0.4, -0.2) is 40.1 Å². The van der Waals surface area contributed by atoms with Gasteiger partial charge in [0.05, 0.1) is 22.5 Å². The van der Waals surface area contributed by atoms with E-state index in [0.29, 0.717) is 18.6 Å². The highest BCUT2D eigenvalue weighted by Gasteiger charge is 2.55. The lowest BCUT2D eigenvalue weighted by Crippen LogP contribution is -2.48. The van der Waals surface area contributed by atoms with Crippen molar-refractivity contribution in [3.8, 4) is 10.6 Å². The third kappa shape index (κ3) is 3.48. The number of amides is 1. The molecule has 3 atom stereocenters. The van der Waals surface area contributed by atoms with Crippen molar-refractivity contribution < 1.29 is 4.79 Å². The molecule has 2 N–H and O–H groups in total. The van der Waals surface area contributed by atoms with Crippen molar-refractivity contribution in [2.75, 3.05) is 7.05 Å². The maximum atomic E-state index is 13.5. The Balaban J connectivity index is 1.51. The van der Waals surface area contributed by atoms with Crippen molar-refractivity contribution in [3.63, 3.8) is 0 Å². The summed E-state index contributed by atoms with van der Waals surface area (Å²) in [4.78, 5) is 16.6. The predicted molar refractivity (Wildman–Crippen MR) is 109 cm³/mol. The Morgan fingerprint density at radius 1 is 1.44 bits per heavy atom. The standard InChI is InChI=1S/C21H28N4OS/c1-14(2)8-9-21(12-15-6-7-19(21)22-15)20(26)25(3)13-16-11-17(24-23-16)18-5-4-10-27-18/h4-5,8,10-11,15,19,22H,6-7,9,12-13H2,1-3H3,(H,23,24)/t15-,19+,21+/m0/s1. The number of fused-ring (bicyclic) bond motifs is 2. The predicted octanol–water partition coefficient (Wildman–Crippen LogP) is 3.96. The molecule has 2 aliphatic rings. The number of aromatic amines is 1. The van der Waals surface area contributed by atoms with Crippen LogP contribution in [0.4, 0.5) is 0 Å². The van der Waals surface area contributed by atoms with Gasteiger partial charge in [-0.2, -0.15) is 5.10 Å². The van der Waals surface area contributed by atoms with Gasteiger partial charge in [0.25, 0.3) is 0 Å². The number of hydrogen-bond donors (Lipinski definition) is 2. The summed E-state index contributed by atoms with van der Waals surface area (Å²) < 4.78 is 0. The van der Waals surface area contributed by atoms with Crippen molar-refractivity contribution in [1.82, 2.24) is 20.4 Å². The van der Waals surface area contributed by atoms with Crippen LogP contribution >= 0.6 is 11.3 Å². The normalized spacial score (nSPS) is 26.3. The van der Waals surface area contributed by atoms with Gasteiger partial charge in [-0.15, -0.1) is 11.3 Å². The molecule has 0 unspecified atom stereocenters. The van der Waals surface area contributed by atoms with Gasteiger partial charge in [0, 0.05) is 19.1 Å². The van der Waals surface area contributed by atoms with E-state index < -0.39 is 0 Å². The third-order valence-electron chi connectivity index (χ3n) is 5.98. The van der Waals surface area contributed by atoms with E-state index in [9.17, 15) is 4.79 Å². The number of carbonyl (C=O) groups excluding carboxylic acids is 1. The number of allylic oxidation sites excluding steroid dienone is 2. The molecule has 4 heterocycles. The van der Waals surface area contributed by atoms with Gasteiger partial charge in [0.1, 0.15) is 5.69 Å². The molecule has 1 amide bonds. The number of nitrogens with zero attached hydrogens (tertiary/aromatic N) is 2. The van der Waals surface area contributed by atoms with Gasteiger partial charge in [-0.3, -0.25) is 9.89 Å². The van der Waals surface area contributed by atoms with Gasteiger partial charge in [-0.1, -0.05) is 17.7 Å². The van der Waals surface area contributed by atoms with Crippen LogP contribution < -0.4 is 5.32 Å². The van der Waals surface area contributed by atoms with Gasteiger partial charge < -0.3 is 10.2 Å². The smallest absolute Gasteiger partial charge is 0.230 e. The van der Waals surface area contributed by atoms with Crippen LogP contribution in [0.3, 0.4) is 0 Å². The maximum Gasteiger partial charge on any atom is 0.230 e. The Kier molecular flexibility index (Phi) is 4.95. The van der Waals surface area contributed by atoms with Crippen LogP contribution in [0.1, 0.15) is 45.2 Å². The highest BCUT2D eigenvalue weighted by molar-refractivity contribution is 7.13. The second-order valence-electron chi connectivity index (χ2n) is 8.26. The summed E-state index contributed by atoms with van der Waals surface area (Å²) in [5.74, 6) is 0.256. The second-order valence-corrected chi connectivity index (χ2v) is 9.20. The molecule has 5 nitrogen and oxygen atoms in total. The summed E-state index contributed by atoms with van der Waals surface area (Å²) >= 11 is 1.67. The third-order valence-corrected chi connectivity index (χ3v) is 6.87. The minimum atomic E-state index is -0.300. The average molecular weight is 385 g/mol. The second kappa shape index (κ2) is 7.24. The number of aromatic nitrogens is 2. The van der Waals surface area contributed by atoms with Crippen LogP contribution in [0.2, 0.25) is 0 Å². The number of hydrogen-bond acceptors (Lipinski definition) is 4. The Morgan fingerprint density at radius 3 is 2.93 bits per heavy atom. The molecule has 2 aromatic heterocycles. The molecule has 0 radical (unpaired) electrons. The largest absolute Gasteiger partial charge is 0.339 e. The molecule has 2 aromatic rings. The number of thiophene rings is 1. The van der Waals surface area contributed by atoms with Gasteiger partial charge in [-0.05, 0) is 57.0 Å². The quantitative estimate of drug-likeness (QED) is 0.741. The summed E-state index contributed by atoms with van der Waals surface area (Å²) in [6.07, 6.45) is 6.32. The number of H-pyrrole nitrogens is 1. The first-order valence-electron chi connectivity index (χ1n) is 9.71. The molecule has 4 rings (SSSR count). The van der Waals surface area contributed by atoms with Crippen LogP contribution in [0.25, 0.3) is 10.6 Å². The Hall–Kier alpha value is -1.92. The van der Waals surface area contributed by atoms with E-state index in [1.807, 2.05) is 18.0 Å². The van der Waals surface area contributed by atoms with Crippen molar-refractivity contribution >= 4 is 17.2 Å². The first-order chi connectivity index (χ1) is 13.0. The van der Waals surface area contributed by atoms with Gasteiger partial charge in [0.2, 0.25) is 5.91 Å². The first kappa shape index (κ1) is 18.4. The van der Waals surface area contributed by atoms with Gasteiger partial charge >= 0.3 is 0 Å². The lowest BCUT2D eigenvalue weighted by molar-refractivity contribution is -0.142. The molecule has 2 fully saturated rings. The Labute approximate surface area is 164 Å². The highest BCUT2D eigenvalue weighted by Crippen LogP contribution is 2.47. The van der Waals surface area contributed by atoms with E-state index in [2.05, 4.69) is 53.0 Å². The maximum absolute atomic E-state index is 13.5. The zero-order valence-electron chi connectivity index (χ0n) is 16.3. The minimum absolute atomic E-state index is 0.256. The summed E-state index contributed by atoms with van der Waals surface area (Å²) in [5.41, 5.74) is 2.90. The molecule has 0 saturated carbocycles. The monoisotopic (exact) mass is 384 g/mol. The van der Waals surface area contributed by atoms with Crippen LogP contribution in [0.15, 0.2) is 35.2 Å². The molecule has 0 aliphatic carbocycles. The molecular formula is C21H28N4OS. The summed E-state index contributed by atoms with van der Waals surface area (Å²) in [6, 6.07) is 6.94. The Bertz CT molecular complexity index is 836. The molecule has 2 aliphatic heterocycles. The van der Waals surface area contributed by atoms with Crippen LogP contribution in [0.5, 0.6) is 0 Å². The van der Waals surface area contributed by atoms with Crippen molar-refractivity contribution in [2.24, 2.45) is 5.41 Å². The van der Waals surface area contributed by atoms with E-state index in [-0.39, 0.29) is 11.3 Å². The lowest BCUT2D eigenvalue weighted by atomic mass is 9.70. The van der Waals surface area contributed by atoms with Crippen molar-refractivity contribution in [1.29, 1.82) is 0 Å². The van der Waals surface area contributed by atoms with Crippen LogP contribution in [0, 0.1) is 5.41 Å². The zero-order valence-corrected chi connectivity index (χ0v) is 17.1. The van der Waals surface area contributed by atoms with Crippen molar-refractivity contribution in [2.45, 2.75) is 58.2 Å². The molecule has 0 spiro atoms. The van der Waals surface area contributed by atoms with E-state index in [1.165, 1.54) is 12.0 Å². The van der Waals surface area contributed by atoms with Crippen molar-refractivity contribution in [3.05, 3.63) is 40.9 Å². The SMILES string of the molecule is CC(C)=CC[C@@]1(C(=O)N(C)Cc2cc(-c3cccs3)n[nH]2)C[C@@H]2CC[C@H]1N2. The summed E-state index contributed by atoms with van der Waals surface area (Å²) in [6.45, 7) is 4.78. The molecule has 0 aromatic carbocycles. The zero-order chi connectivity index (χ0) is 19.0. The fourth-order valence-electron chi connectivity index (χ4n) is 4.63. The number of carbonyl (C=O) groups is 1. The highest BCUT2D eigenvalue weighted by atomic mass is 32.1. The number of nitrogens with one attached hydrogen (secondary N) is 2. The van der Waals surface area contributed by atoms with Gasteiger partial charge in [-0.25, -0.2) is 0 Å². The topological polar surface area (TPSA) is 61.0 Å². The molecule has 2 saturated heterocycles. The molecule has 144 valence electrons. The van der Waals surface area contributed by atoms with E-state index in [1.54, 1.807) is 11.3 Å². The summed E-state index contributed by atoms with van der Waals surface area (Å²) in [7, 11) is 1.92. The van der Waals surface area contributed by atoms with E-state index in [4.69, 9.17) is 0 Å². The average Bonchev–Trinajstić information content (AvgIpc) is 3.42. The molecular weight excluding hydrogens is 356 g/mol. The van der Waals surface area contributed by atoms with Gasteiger partial charge in [0.15, 0.2) is 0 Å². The fourth-order valence-corrected chi connectivity index (χ4v) is 5.32. The first-order valence-corrected chi connectivity index (χ1v) is 10.6. The van der Waals surface area contributed by atoms with E-state index in [0.717, 1.165) is 35.5 Å². The fraction of sp³-hybridized carbons (Fsp3) is 0.524. The molecule has 6 heteroatoms.